The van der Waals surface area contributed by atoms with Gasteiger partial charge in [0.25, 0.3) is 0 Å². The van der Waals surface area contributed by atoms with E-state index in [9.17, 15) is 13.2 Å². The molecule has 0 saturated carbocycles. The Balaban J connectivity index is 1.85. The van der Waals surface area contributed by atoms with E-state index in [2.05, 4.69) is 20.4 Å². The molecule has 3 N–H and O–H groups in total. The molecule has 0 saturated heterocycles. The van der Waals surface area contributed by atoms with Crippen molar-refractivity contribution in [3.8, 4) is 11.1 Å². The van der Waals surface area contributed by atoms with E-state index >= 15 is 0 Å². The Morgan fingerprint density at radius 1 is 1.19 bits per heavy atom. The van der Waals surface area contributed by atoms with Gasteiger partial charge in [0.05, 0.1) is 6.20 Å². The topological polar surface area (TPSA) is 81.7 Å². The molecule has 0 aliphatic carbocycles. The van der Waals surface area contributed by atoms with Crippen LogP contribution in [0.25, 0.3) is 11.1 Å². The number of nitrogens with zero attached hydrogens (tertiary/aromatic N) is 4. The SMILES string of the molecule is Cc1cc(Nc2nccc(C(F)(F)F)n2)cc(-c2cnn(CCCN)c2)c1. The second-order valence-electron chi connectivity index (χ2n) is 6.11. The third-order valence-electron chi connectivity index (χ3n) is 3.84. The molecule has 2 aromatic heterocycles. The van der Waals surface area contributed by atoms with E-state index in [1.165, 1.54) is 0 Å². The number of hydrogen-bond donors (Lipinski definition) is 2. The molecule has 0 fully saturated rings. The molecule has 3 rings (SSSR count). The van der Waals surface area contributed by atoms with E-state index in [1.807, 2.05) is 36.0 Å². The molecule has 27 heavy (non-hydrogen) atoms. The Bertz CT molecular complexity index is 919. The Morgan fingerprint density at radius 2 is 2.00 bits per heavy atom. The lowest BCUT2D eigenvalue weighted by Crippen LogP contribution is -2.10. The maximum absolute atomic E-state index is 12.8. The number of nitrogens with one attached hydrogen (secondary N) is 1. The van der Waals surface area contributed by atoms with Gasteiger partial charge in [-0.3, -0.25) is 4.68 Å². The number of benzene rings is 1. The van der Waals surface area contributed by atoms with Crippen LogP contribution in [0.4, 0.5) is 24.8 Å². The van der Waals surface area contributed by atoms with Crippen molar-refractivity contribution < 1.29 is 13.2 Å². The van der Waals surface area contributed by atoms with Crippen LogP contribution in [0.3, 0.4) is 0 Å². The van der Waals surface area contributed by atoms with Crippen LogP contribution < -0.4 is 11.1 Å². The summed E-state index contributed by atoms with van der Waals surface area (Å²) < 4.78 is 40.2. The number of aryl methyl sites for hydroxylation is 2. The van der Waals surface area contributed by atoms with Gasteiger partial charge in [0.15, 0.2) is 0 Å². The maximum atomic E-state index is 12.8. The quantitative estimate of drug-likeness (QED) is 0.685. The van der Waals surface area contributed by atoms with E-state index in [4.69, 9.17) is 5.73 Å². The molecule has 0 amide bonds. The average molecular weight is 376 g/mol. The van der Waals surface area contributed by atoms with Crippen molar-refractivity contribution in [1.82, 2.24) is 19.7 Å². The van der Waals surface area contributed by atoms with Crippen LogP contribution in [0.15, 0.2) is 42.9 Å². The van der Waals surface area contributed by atoms with Gasteiger partial charge >= 0.3 is 6.18 Å². The van der Waals surface area contributed by atoms with Crippen LogP contribution in [0.5, 0.6) is 0 Å². The van der Waals surface area contributed by atoms with E-state index in [0.29, 0.717) is 12.2 Å². The molecule has 0 aliphatic rings. The lowest BCUT2D eigenvalue weighted by Gasteiger charge is -2.10. The van der Waals surface area contributed by atoms with Crippen molar-refractivity contribution in [3.05, 3.63) is 54.1 Å². The smallest absolute Gasteiger partial charge is 0.330 e. The predicted octanol–water partition coefficient (Wildman–Crippen LogP) is 3.76. The number of rotatable bonds is 6. The number of nitrogens with two attached hydrogens (primary N) is 1. The van der Waals surface area contributed by atoms with Gasteiger partial charge in [0.1, 0.15) is 5.69 Å². The zero-order chi connectivity index (χ0) is 19.4. The highest BCUT2D eigenvalue weighted by molar-refractivity contribution is 5.70. The standard InChI is InChI=1S/C18H19F3N6/c1-12-7-13(14-10-24-27(11-14)6-2-4-22)9-15(8-12)25-17-23-5-3-16(26-17)18(19,20)21/h3,5,7-11H,2,4,6,22H2,1H3,(H,23,25,26). The van der Waals surface area contributed by atoms with Crippen molar-refractivity contribution in [2.24, 2.45) is 5.73 Å². The Labute approximate surface area is 154 Å². The summed E-state index contributed by atoms with van der Waals surface area (Å²) in [5.41, 5.74) is 7.86. The molecule has 0 spiro atoms. The number of halogens is 3. The fourth-order valence-electron chi connectivity index (χ4n) is 2.62. The van der Waals surface area contributed by atoms with Gasteiger partial charge in [-0.05, 0) is 49.2 Å². The third kappa shape index (κ3) is 4.82. The van der Waals surface area contributed by atoms with Crippen LogP contribution in [0, 0.1) is 6.92 Å². The zero-order valence-corrected chi connectivity index (χ0v) is 14.7. The molecule has 0 radical (unpaired) electrons. The molecule has 0 unspecified atom stereocenters. The van der Waals surface area contributed by atoms with Crippen LogP contribution in [0.2, 0.25) is 0 Å². The molecular weight excluding hydrogens is 357 g/mol. The summed E-state index contributed by atoms with van der Waals surface area (Å²) in [6.07, 6.45) is 1.05. The van der Waals surface area contributed by atoms with Crippen molar-refractivity contribution in [3.63, 3.8) is 0 Å². The van der Waals surface area contributed by atoms with E-state index in [-0.39, 0.29) is 5.95 Å². The highest BCUT2D eigenvalue weighted by Gasteiger charge is 2.32. The Hall–Kier alpha value is -2.94. The summed E-state index contributed by atoms with van der Waals surface area (Å²) in [6, 6.07) is 6.44. The van der Waals surface area contributed by atoms with E-state index in [0.717, 1.165) is 41.9 Å². The second kappa shape index (κ2) is 7.75. The van der Waals surface area contributed by atoms with Gasteiger partial charge in [0, 0.05) is 30.2 Å². The van der Waals surface area contributed by atoms with Gasteiger partial charge in [-0.1, -0.05) is 6.07 Å². The minimum atomic E-state index is -4.52. The number of hydrogen-bond acceptors (Lipinski definition) is 5. The van der Waals surface area contributed by atoms with Gasteiger partial charge < -0.3 is 11.1 Å². The summed E-state index contributed by atoms with van der Waals surface area (Å²) >= 11 is 0. The first kappa shape index (κ1) is 18.8. The molecule has 0 atom stereocenters. The first-order valence-corrected chi connectivity index (χ1v) is 8.37. The highest BCUT2D eigenvalue weighted by Crippen LogP contribution is 2.29. The number of aromatic nitrogens is 4. The van der Waals surface area contributed by atoms with Gasteiger partial charge in [-0.25, -0.2) is 9.97 Å². The number of alkyl halides is 3. The van der Waals surface area contributed by atoms with Crippen molar-refractivity contribution in [1.29, 1.82) is 0 Å². The molecule has 1 aromatic carbocycles. The maximum Gasteiger partial charge on any atom is 0.433 e. The Kier molecular flexibility index (Phi) is 5.41. The van der Waals surface area contributed by atoms with Crippen LogP contribution in [-0.2, 0) is 12.7 Å². The van der Waals surface area contributed by atoms with Crippen molar-refractivity contribution in [2.75, 3.05) is 11.9 Å². The molecule has 0 bridgehead atoms. The lowest BCUT2D eigenvalue weighted by atomic mass is 10.1. The molecule has 3 aromatic rings. The lowest BCUT2D eigenvalue weighted by molar-refractivity contribution is -0.141. The van der Waals surface area contributed by atoms with Crippen molar-refractivity contribution >= 4 is 11.6 Å². The molecular formula is C18H19F3N6. The van der Waals surface area contributed by atoms with E-state index < -0.39 is 11.9 Å². The summed E-state index contributed by atoms with van der Waals surface area (Å²) in [6.45, 7) is 3.22. The normalized spacial score (nSPS) is 11.6. The summed E-state index contributed by atoms with van der Waals surface area (Å²) in [4.78, 5) is 7.40. The third-order valence-corrected chi connectivity index (χ3v) is 3.84. The van der Waals surface area contributed by atoms with Crippen LogP contribution in [-0.4, -0.2) is 26.3 Å². The summed E-state index contributed by atoms with van der Waals surface area (Å²) in [5.74, 6) is -0.111. The molecule has 6 nitrogen and oxygen atoms in total. The van der Waals surface area contributed by atoms with Crippen molar-refractivity contribution in [2.45, 2.75) is 26.1 Å². The van der Waals surface area contributed by atoms with Gasteiger partial charge in [-0.15, -0.1) is 0 Å². The average Bonchev–Trinajstić information content (AvgIpc) is 3.08. The Morgan fingerprint density at radius 3 is 2.74 bits per heavy atom. The fourth-order valence-corrected chi connectivity index (χ4v) is 2.62. The van der Waals surface area contributed by atoms with Gasteiger partial charge in [-0.2, -0.15) is 18.3 Å². The minimum Gasteiger partial charge on any atom is -0.330 e. The summed E-state index contributed by atoms with van der Waals surface area (Å²) in [5, 5.41) is 7.15. The first-order chi connectivity index (χ1) is 12.8. The largest absolute Gasteiger partial charge is 0.433 e. The minimum absolute atomic E-state index is 0.111. The van der Waals surface area contributed by atoms with Gasteiger partial charge in [0.2, 0.25) is 5.95 Å². The zero-order valence-electron chi connectivity index (χ0n) is 14.7. The monoisotopic (exact) mass is 376 g/mol. The van der Waals surface area contributed by atoms with Crippen LogP contribution in [0.1, 0.15) is 17.7 Å². The summed E-state index contributed by atoms with van der Waals surface area (Å²) in [7, 11) is 0. The molecule has 2 heterocycles. The fraction of sp³-hybridized carbons (Fsp3) is 0.278. The molecule has 142 valence electrons. The van der Waals surface area contributed by atoms with Crippen LogP contribution >= 0.6 is 0 Å². The predicted molar refractivity (Wildman–Crippen MR) is 96.4 cm³/mol. The van der Waals surface area contributed by atoms with E-state index in [1.54, 1.807) is 6.20 Å². The number of anilines is 2. The molecule has 9 heteroatoms. The molecule has 0 aliphatic heterocycles. The highest BCUT2D eigenvalue weighted by atomic mass is 19.4. The second-order valence-corrected chi connectivity index (χ2v) is 6.11. The first-order valence-electron chi connectivity index (χ1n) is 8.37.